The molecule has 34 heavy (non-hydrogen) atoms. The van der Waals surface area contributed by atoms with Crippen molar-refractivity contribution < 1.29 is 9.15 Å². The molecule has 4 aromatic rings. The van der Waals surface area contributed by atoms with Gasteiger partial charge < -0.3 is 19.9 Å². The minimum absolute atomic E-state index is 0.0822. The number of fused-ring (bicyclic) bond motifs is 3. The van der Waals surface area contributed by atoms with Crippen LogP contribution in [0.3, 0.4) is 0 Å². The number of aromatic nitrogens is 5. The molecule has 2 N–H and O–H groups in total. The van der Waals surface area contributed by atoms with Crippen molar-refractivity contribution in [2.75, 3.05) is 13.7 Å². The van der Waals surface area contributed by atoms with Crippen LogP contribution in [0.5, 0.6) is 0 Å². The molecule has 1 fully saturated rings. The minimum Gasteiger partial charge on any atom is -0.450 e. The zero-order valence-electron chi connectivity index (χ0n) is 19.4. The Morgan fingerprint density at radius 3 is 2.91 bits per heavy atom. The topological polar surface area (TPSA) is 124 Å². The summed E-state index contributed by atoms with van der Waals surface area (Å²) in [6.07, 6.45) is 8.80. The Kier molecular flexibility index (Phi) is 5.74. The number of furan rings is 1. The van der Waals surface area contributed by atoms with Crippen molar-refractivity contribution >= 4 is 34.0 Å². The molecule has 176 valence electrons. The van der Waals surface area contributed by atoms with Crippen molar-refractivity contribution in [3.05, 3.63) is 46.9 Å². The number of hydrogen-bond donors (Lipinski definition) is 2. The maximum atomic E-state index is 13.5. The van der Waals surface area contributed by atoms with Crippen molar-refractivity contribution in [2.45, 2.75) is 38.3 Å². The number of nitrogens with zero attached hydrogens (tertiary/aromatic N) is 5. The maximum absolute atomic E-state index is 13.5. The molecular weight excluding hydrogens is 434 g/mol. The molecule has 0 aromatic carbocycles. The summed E-state index contributed by atoms with van der Waals surface area (Å²) >= 11 is 0. The van der Waals surface area contributed by atoms with Crippen LogP contribution in [-0.4, -0.2) is 50.3 Å². The second-order valence-electron chi connectivity index (χ2n) is 8.45. The van der Waals surface area contributed by atoms with E-state index in [0.717, 1.165) is 23.9 Å². The fraction of sp³-hybridized carbons (Fsp3) is 0.375. The van der Waals surface area contributed by atoms with E-state index >= 15 is 0 Å². The van der Waals surface area contributed by atoms with Crippen molar-refractivity contribution in [2.24, 2.45) is 7.05 Å². The van der Waals surface area contributed by atoms with Crippen LogP contribution in [0.2, 0.25) is 0 Å². The van der Waals surface area contributed by atoms with Crippen LogP contribution >= 0.6 is 0 Å². The molecule has 5 heterocycles. The van der Waals surface area contributed by atoms with E-state index in [1.54, 1.807) is 28.7 Å². The molecule has 2 atom stereocenters. The number of rotatable bonds is 6. The predicted octanol–water partition coefficient (Wildman–Crippen LogP) is 3.28. The summed E-state index contributed by atoms with van der Waals surface area (Å²) < 4.78 is 15.5. The van der Waals surface area contributed by atoms with Crippen LogP contribution in [-0.2, 0) is 11.8 Å². The van der Waals surface area contributed by atoms with Gasteiger partial charge in [-0.15, -0.1) is 0 Å². The number of nitrogens with one attached hydrogen (secondary N) is 2. The van der Waals surface area contributed by atoms with Crippen LogP contribution in [0.25, 0.3) is 39.0 Å². The SMILES string of the molecule is CC[C@H]1C[C@@H](n2c(=O)nc(/C(C=N)=C/NC)c3oc4ccc(-c5cnn(C)c5)nc4c32)CCO1. The molecular formula is C24H27N7O3. The molecule has 1 aliphatic rings. The van der Waals surface area contributed by atoms with Crippen molar-refractivity contribution in [3.63, 3.8) is 0 Å². The highest BCUT2D eigenvalue weighted by atomic mass is 16.5. The molecule has 0 aliphatic carbocycles. The van der Waals surface area contributed by atoms with Gasteiger partial charge >= 0.3 is 5.69 Å². The number of ether oxygens (including phenoxy) is 1. The zero-order valence-corrected chi connectivity index (χ0v) is 19.4. The number of pyridine rings is 1. The first-order chi connectivity index (χ1) is 16.5. The van der Waals surface area contributed by atoms with Gasteiger partial charge in [-0.1, -0.05) is 6.92 Å². The molecule has 10 heteroatoms. The maximum Gasteiger partial charge on any atom is 0.349 e. The second kappa shape index (κ2) is 8.86. The second-order valence-corrected chi connectivity index (χ2v) is 8.45. The Hall–Kier alpha value is -3.79. The van der Waals surface area contributed by atoms with E-state index in [-0.39, 0.29) is 17.8 Å². The minimum atomic E-state index is -0.385. The van der Waals surface area contributed by atoms with Crippen LogP contribution in [0.1, 0.15) is 37.9 Å². The standard InChI is InChI=1S/C24H27N7O3/c1-4-17-9-16(7-8-33-17)31-22-21-19(6-5-18(28-21)15-12-27-30(3)13-15)34-23(22)20(29-24(31)32)14(10-25)11-26-2/h5-6,10-13,16-17,25-26H,4,7-9H2,1-3H3/b14-11+,25-10?/t16-,17-/m0/s1. The molecule has 1 aliphatic heterocycles. The smallest absolute Gasteiger partial charge is 0.349 e. The first-order valence-electron chi connectivity index (χ1n) is 11.4. The first kappa shape index (κ1) is 22.0. The Morgan fingerprint density at radius 1 is 1.35 bits per heavy atom. The lowest BCUT2D eigenvalue weighted by atomic mass is 10.0. The third-order valence-corrected chi connectivity index (χ3v) is 6.27. The highest BCUT2D eigenvalue weighted by Gasteiger charge is 2.29. The highest BCUT2D eigenvalue weighted by Crippen LogP contribution is 2.35. The van der Waals surface area contributed by atoms with Gasteiger partial charge in [-0.2, -0.15) is 10.1 Å². The van der Waals surface area contributed by atoms with E-state index in [0.29, 0.717) is 52.9 Å². The average Bonchev–Trinajstić information content (AvgIpc) is 3.45. The van der Waals surface area contributed by atoms with E-state index in [9.17, 15) is 4.79 Å². The van der Waals surface area contributed by atoms with E-state index in [1.165, 1.54) is 0 Å². The molecule has 0 amide bonds. The normalized spacial score (nSPS) is 19.1. The summed E-state index contributed by atoms with van der Waals surface area (Å²) in [4.78, 5) is 22.7. The molecule has 1 saturated heterocycles. The van der Waals surface area contributed by atoms with Crippen LogP contribution in [0, 0.1) is 5.41 Å². The predicted molar refractivity (Wildman–Crippen MR) is 130 cm³/mol. The third-order valence-electron chi connectivity index (χ3n) is 6.27. The van der Waals surface area contributed by atoms with Gasteiger partial charge in [0.15, 0.2) is 11.2 Å². The van der Waals surface area contributed by atoms with Crippen LogP contribution in [0.15, 0.2) is 39.9 Å². The van der Waals surface area contributed by atoms with E-state index in [4.69, 9.17) is 19.5 Å². The van der Waals surface area contributed by atoms with Gasteiger partial charge in [0.05, 0.1) is 18.0 Å². The summed E-state index contributed by atoms with van der Waals surface area (Å²) in [5.41, 5.74) is 4.16. The Morgan fingerprint density at radius 2 is 2.21 bits per heavy atom. The molecule has 0 bridgehead atoms. The van der Waals surface area contributed by atoms with Crippen molar-refractivity contribution in [1.82, 2.24) is 29.6 Å². The van der Waals surface area contributed by atoms with Crippen LogP contribution in [0.4, 0.5) is 0 Å². The third kappa shape index (κ3) is 3.69. The molecule has 10 nitrogen and oxygen atoms in total. The summed E-state index contributed by atoms with van der Waals surface area (Å²) in [6, 6.07) is 3.64. The summed E-state index contributed by atoms with van der Waals surface area (Å²) in [5.74, 6) is 0. The van der Waals surface area contributed by atoms with E-state index in [1.807, 2.05) is 25.4 Å². The summed E-state index contributed by atoms with van der Waals surface area (Å²) in [7, 11) is 3.59. The van der Waals surface area contributed by atoms with Gasteiger partial charge in [0.1, 0.15) is 16.7 Å². The Labute approximate surface area is 195 Å². The van der Waals surface area contributed by atoms with E-state index in [2.05, 4.69) is 22.3 Å². The molecule has 0 saturated carbocycles. The molecule has 4 aromatic heterocycles. The number of allylic oxidation sites excluding steroid dienone is 1. The molecule has 0 spiro atoms. The molecule has 0 radical (unpaired) electrons. The van der Waals surface area contributed by atoms with Crippen molar-refractivity contribution in [3.8, 4) is 11.3 Å². The van der Waals surface area contributed by atoms with Crippen molar-refractivity contribution in [1.29, 1.82) is 5.41 Å². The lowest BCUT2D eigenvalue weighted by Gasteiger charge is -2.30. The highest BCUT2D eigenvalue weighted by molar-refractivity contribution is 6.14. The van der Waals surface area contributed by atoms with Gasteiger partial charge in [-0.05, 0) is 31.4 Å². The summed E-state index contributed by atoms with van der Waals surface area (Å²) in [6.45, 7) is 2.66. The van der Waals surface area contributed by atoms with Crippen LogP contribution < -0.4 is 11.0 Å². The lowest BCUT2D eigenvalue weighted by Crippen LogP contribution is -2.34. The Balaban J connectivity index is 1.82. The molecule has 5 rings (SSSR count). The van der Waals surface area contributed by atoms with Gasteiger partial charge in [-0.3, -0.25) is 9.25 Å². The van der Waals surface area contributed by atoms with Gasteiger partial charge in [0.25, 0.3) is 0 Å². The fourth-order valence-corrected chi connectivity index (χ4v) is 4.61. The van der Waals surface area contributed by atoms with Gasteiger partial charge in [0, 0.05) is 56.5 Å². The van der Waals surface area contributed by atoms with Gasteiger partial charge in [0.2, 0.25) is 0 Å². The number of aryl methyl sites for hydroxylation is 1. The molecule has 0 unspecified atom stereocenters. The monoisotopic (exact) mass is 461 g/mol. The first-order valence-corrected chi connectivity index (χ1v) is 11.4. The summed E-state index contributed by atoms with van der Waals surface area (Å²) in [5, 5.41) is 15.0. The quantitative estimate of drug-likeness (QED) is 0.422. The average molecular weight is 462 g/mol. The van der Waals surface area contributed by atoms with Gasteiger partial charge in [-0.25, -0.2) is 9.78 Å². The largest absolute Gasteiger partial charge is 0.450 e. The fourth-order valence-electron chi connectivity index (χ4n) is 4.61. The number of hydrogen-bond acceptors (Lipinski definition) is 8. The van der Waals surface area contributed by atoms with E-state index < -0.39 is 0 Å². The lowest BCUT2D eigenvalue weighted by molar-refractivity contribution is -0.00711. The zero-order chi connectivity index (χ0) is 23.8. The Bertz CT molecular complexity index is 1460.